The number of allylic oxidation sites excluding steroid dienone is 20. The minimum absolute atomic E-state index is 0.0858. The molecule has 0 spiro atoms. The molecule has 6 nitrogen and oxygen atoms in total. The van der Waals surface area contributed by atoms with E-state index in [1.54, 1.807) is 0 Å². The van der Waals surface area contributed by atoms with Crippen molar-refractivity contribution in [2.45, 2.75) is 271 Å². The molecule has 73 heavy (non-hydrogen) atoms. The molecule has 0 saturated heterocycles. The van der Waals surface area contributed by atoms with Gasteiger partial charge in [0.1, 0.15) is 13.2 Å². The third-order valence-electron chi connectivity index (χ3n) is 12.5. The molecule has 414 valence electrons. The molecule has 0 bridgehead atoms. The summed E-state index contributed by atoms with van der Waals surface area (Å²) in [5, 5.41) is 0. The Kier molecular flexibility index (Phi) is 56.9. The standard InChI is InChI=1S/C67H110O6/c1-4-7-10-13-15-17-19-21-23-25-27-29-31-32-33-34-36-37-39-41-43-45-47-49-51-54-57-60-66(69)72-63-64(62-71-65(68)59-56-53-12-9-6-3)73-67(70)61-58-55-52-50-48-46-44-42-40-38-35-30-28-26-24-22-20-18-16-14-11-8-5-2/h7-8,10-11,15-18,21-24,27-30,32-33,38,40,64H,4-6,9,12-14,19-20,25-26,31,34-37,39,41-63H2,1-3H3/b10-7-,11-8-,17-15-,18-16-,23-21-,24-22-,29-27-,30-28-,33-32-,40-38-. The number of unbranched alkanes of at least 4 members (excludes halogenated alkanes) is 22. The number of carbonyl (C=O) groups is 3. The van der Waals surface area contributed by atoms with Crippen molar-refractivity contribution in [1.29, 1.82) is 0 Å². The monoisotopic (exact) mass is 1010 g/mol. The topological polar surface area (TPSA) is 78.9 Å². The van der Waals surface area contributed by atoms with E-state index in [1.807, 2.05) is 0 Å². The summed E-state index contributed by atoms with van der Waals surface area (Å²) in [5.41, 5.74) is 0. The van der Waals surface area contributed by atoms with Crippen molar-refractivity contribution in [1.82, 2.24) is 0 Å². The Morgan fingerprint density at radius 2 is 0.534 bits per heavy atom. The Morgan fingerprint density at radius 3 is 0.836 bits per heavy atom. The largest absolute Gasteiger partial charge is 0.462 e. The van der Waals surface area contributed by atoms with E-state index in [4.69, 9.17) is 14.2 Å². The van der Waals surface area contributed by atoms with Gasteiger partial charge in [-0.05, 0) is 109 Å². The molecule has 0 saturated carbocycles. The second kappa shape index (κ2) is 60.4. The number of ether oxygens (including phenoxy) is 3. The zero-order valence-electron chi connectivity index (χ0n) is 47.4. The molecule has 1 unspecified atom stereocenters. The van der Waals surface area contributed by atoms with Crippen molar-refractivity contribution in [3.8, 4) is 0 Å². The molecule has 0 aromatic carbocycles. The van der Waals surface area contributed by atoms with Crippen LogP contribution in [0.15, 0.2) is 122 Å². The van der Waals surface area contributed by atoms with Gasteiger partial charge in [0.2, 0.25) is 0 Å². The number of rotatable bonds is 53. The van der Waals surface area contributed by atoms with Gasteiger partial charge in [-0.25, -0.2) is 0 Å². The van der Waals surface area contributed by atoms with E-state index in [9.17, 15) is 14.4 Å². The quantitative estimate of drug-likeness (QED) is 0.0261. The zero-order chi connectivity index (χ0) is 52.9. The van der Waals surface area contributed by atoms with Gasteiger partial charge in [-0.15, -0.1) is 0 Å². The minimum Gasteiger partial charge on any atom is -0.462 e. The second-order valence-electron chi connectivity index (χ2n) is 19.5. The van der Waals surface area contributed by atoms with E-state index in [1.165, 1.54) is 89.9 Å². The maximum absolute atomic E-state index is 12.8. The third-order valence-corrected chi connectivity index (χ3v) is 12.5. The fourth-order valence-corrected chi connectivity index (χ4v) is 8.03. The highest BCUT2D eigenvalue weighted by Crippen LogP contribution is 2.15. The van der Waals surface area contributed by atoms with E-state index < -0.39 is 6.10 Å². The molecule has 0 aromatic rings. The van der Waals surface area contributed by atoms with Gasteiger partial charge in [-0.1, -0.05) is 258 Å². The average Bonchev–Trinajstić information content (AvgIpc) is 3.39. The molecule has 0 aliphatic heterocycles. The van der Waals surface area contributed by atoms with E-state index in [-0.39, 0.29) is 31.1 Å². The van der Waals surface area contributed by atoms with Crippen molar-refractivity contribution >= 4 is 17.9 Å². The number of esters is 3. The van der Waals surface area contributed by atoms with Gasteiger partial charge in [-0.2, -0.15) is 0 Å². The highest BCUT2D eigenvalue weighted by atomic mass is 16.6. The molecule has 0 aliphatic carbocycles. The highest BCUT2D eigenvalue weighted by Gasteiger charge is 2.19. The first kappa shape index (κ1) is 68.8. The Bertz CT molecular complexity index is 1540. The van der Waals surface area contributed by atoms with Crippen molar-refractivity contribution in [3.05, 3.63) is 122 Å². The van der Waals surface area contributed by atoms with E-state index in [2.05, 4.69) is 142 Å². The van der Waals surface area contributed by atoms with E-state index >= 15 is 0 Å². The summed E-state index contributed by atoms with van der Waals surface area (Å²) in [6.07, 6.45) is 83.8. The SMILES string of the molecule is CC/C=C\C/C=C\C/C=C\C/C=C\C/C=C\CCCCCCCCCCCCCC(=O)OCC(COC(=O)CCCCCCC)OC(=O)CCCCCCCCC/C=C\C/C=C\C/C=C\C/C=C\C/C=C\CC. The Hall–Kier alpha value is -4.19. The van der Waals surface area contributed by atoms with Crippen LogP contribution in [0.1, 0.15) is 265 Å². The summed E-state index contributed by atoms with van der Waals surface area (Å²) >= 11 is 0. The van der Waals surface area contributed by atoms with Crippen molar-refractivity contribution < 1.29 is 28.6 Å². The van der Waals surface area contributed by atoms with Crippen LogP contribution in [0.5, 0.6) is 0 Å². The minimum atomic E-state index is -0.785. The lowest BCUT2D eigenvalue weighted by Gasteiger charge is -2.18. The fraction of sp³-hybridized carbons (Fsp3) is 0.657. The predicted octanol–water partition coefficient (Wildman–Crippen LogP) is 20.4. The van der Waals surface area contributed by atoms with Crippen LogP contribution in [0.2, 0.25) is 0 Å². The van der Waals surface area contributed by atoms with Crippen LogP contribution in [0, 0.1) is 0 Å². The van der Waals surface area contributed by atoms with Crippen molar-refractivity contribution in [3.63, 3.8) is 0 Å². The molecule has 0 amide bonds. The molecular formula is C67H110O6. The van der Waals surface area contributed by atoms with Crippen LogP contribution < -0.4 is 0 Å². The third kappa shape index (κ3) is 58.6. The molecule has 0 radical (unpaired) electrons. The number of hydrogen-bond acceptors (Lipinski definition) is 6. The molecule has 0 N–H and O–H groups in total. The van der Waals surface area contributed by atoms with Gasteiger partial charge >= 0.3 is 17.9 Å². The van der Waals surface area contributed by atoms with Gasteiger partial charge in [-0.3, -0.25) is 14.4 Å². The molecule has 0 aliphatic rings. The molecule has 6 heteroatoms. The maximum Gasteiger partial charge on any atom is 0.306 e. The fourth-order valence-electron chi connectivity index (χ4n) is 8.03. The Balaban J connectivity index is 4.12. The Morgan fingerprint density at radius 1 is 0.288 bits per heavy atom. The van der Waals surface area contributed by atoms with E-state index in [0.29, 0.717) is 19.3 Å². The van der Waals surface area contributed by atoms with E-state index in [0.717, 1.165) is 135 Å². The summed E-state index contributed by atoms with van der Waals surface area (Å²) in [6, 6.07) is 0. The van der Waals surface area contributed by atoms with Crippen LogP contribution in [-0.4, -0.2) is 37.2 Å². The summed E-state index contributed by atoms with van der Waals surface area (Å²) in [6.45, 7) is 6.32. The molecule has 0 aromatic heterocycles. The first-order chi connectivity index (χ1) is 36.0. The summed E-state index contributed by atoms with van der Waals surface area (Å²) in [5.74, 6) is -0.914. The molecular weight excluding hydrogens is 901 g/mol. The lowest BCUT2D eigenvalue weighted by Crippen LogP contribution is -2.30. The molecule has 0 fully saturated rings. The van der Waals surface area contributed by atoms with Crippen LogP contribution in [0.25, 0.3) is 0 Å². The highest BCUT2D eigenvalue weighted by molar-refractivity contribution is 5.71. The van der Waals surface area contributed by atoms with Gasteiger partial charge in [0.25, 0.3) is 0 Å². The van der Waals surface area contributed by atoms with Crippen LogP contribution in [0.4, 0.5) is 0 Å². The number of hydrogen-bond donors (Lipinski definition) is 0. The lowest BCUT2D eigenvalue weighted by molar-refractivity contribution is -0.167. The van der Waals surface area contributed by atoms with Crippen LogP contribution in [0.3, 0.4) is 0 Å². The lowest BCUT2D eigenvalue weighted by atomic mass is 10.0. The first-order valence-corrected chi connectivity index (χ1v) is 30.0. The average molecular weight is 1010 g/mol. The summed E-state index contributed by atoms with van der Waals surface area (Å²) in [4.78, 5) is 37.9. The zero-order valence-corrected chi connectivity index (χ0v) is 47.4. The van der Waals surface area contributed by atoms with Crippen molar-refractivity contribution in [2.24, 2.45) is 0 Å². The maximum atomic E-state index is 12.8. The smallest absolute Gasteiger partial charge is 0.306 e. The normalized spacial score (nSPS) is 13.0. The second-order valence-corrected chi connectivity index (χ2v) is 19.5. The van der Waals surface area contributed by atoms with Gasteiger partial charge in [0.05, 0.1) is 0 Å². The van der Waals surface area contributed by atoms with Gasteiger partial charge < -0.3 is 14.2 Å². The van der Waals surface area contributed by atoms with Gasteiger partial charge in [0.15, 0.2) is 6.10 Å². The molecule has 1 atom stereocenters. The summed E-state index contributed by atoms with van der Waals surface area (Å²) in [7, 11) is 0. The van der Waals surface area contributed by atoms with Crippen LogP contribution in [-0.2, 0) is 28.6 Å². The molecule has 0 heterocycles. The number of carbonyl (C=O) groups excluding carboxylic acids is 3. The predicted molar refractivity (Wildman–Crippen MR) is 316 cm³/mol. The summed E-state index contributed by atoms with van der Waals surface area (Å²) < 4.78 is 16.7. The Labute approximate surface area is 450 Å². The molecule has 0 rings (SSSR count). The van der Waals surface area contributed by atoms with Crippen LogP contribution >= 0.6 is 0 Å². The van der Waals surface area contributed by atoms with Crippen molar-refractivity contribution in [2.75, 3.05) is 13.2 Å². The van der Waals surface area contributed by atoms with Gasteiger partial charge in [0, 0.05) is 19.3 Å². The first-order valence-electron chi connectivity index (χ1n) is 30.0.